The van der Waals surface area contributed by atoms with E-state index in [0.29, 0.717) is 16.5 Å². The van der Waals surface area contributed by atoms with Gasteiger partial charge in [-0.15, -0.1) is 0 Å². The topological polar surface area (TPSA) is 42.2 Å². The molecule has 0 spiro atoms. The second-order valence-electron chi connectivity index (χ2n) is 4.71. The van der Waals surface area contributed by atoms with E-state index in [9.17, 15) is 4.79 Å². The normalized spacial score (nSPS) is 11.0. The van der Waals surface area contributed by atoms with E-state index in [1.165, 1.54) is 6.08 Å². The van der Waals surface area contributed by atoms with Crippen molar-refractivity contribution in [3.8, 4) is 0 Å². The van der Waals surface area contributed by atoms with Gasteiger partial charge in [-0.25, -0.2) is 0 Å². The highest BCUT2D eigenvalue weighted by Gasteiger charge is 2.07. The molecule has 0 aliphatic carbocycles. The largest absolute Gasteiger partial charge is 0.462 e. The van der Waals surface area contributed by atoms with Crippen LogP contribution >= 0.6 is 11.6 Å². The smallest absolute Gasteiger partial charge is 0.248 e. The van der Waals surface area contributed by atoms with Gasteiger partial charge in [0.15, 0.2) is 0 Å². The Morgan fingerprint density at radius 2 is 2.00 bits per heavy atom. The third-order valence-corrected chi connectivity index (χ3v) is 3.14. The summed E-state index contributed by atoms with van der Waals surface area (Å²) in [4.78, 5) is 11.9. The number of halogens is 1. The first-order valence-electron chi connectivity index (χ1n) is 6.28. The number of hydrogen-bond acceptors (Lipinski definition) is 2. The van der Waals surface area contributed by atoms with Gasteiger partial charge in [0.2, 0.25) is 5.91 Å². The van der Waals surface area contributed by atoms with Gasteiger partial charge in [0.1, 0.15) is 11.5 Å². The van der Waals surface area contributed by atoms with E-state index in [1.807, 2.05) is 45.0 Å². The molecule has 0 radical (unpaired) electrons. The molecular weight excluding hydrogens is 274 g/mol. The number of anilines is 1. The number of furan rings is 1. The Labute approximate surface area is 123 Å². The molecule has 0 unspecified atom stereocenters. The first-order valence-corrected chi connectivity index (χ1v) is 6.66. The number of benzene rings is 1. The molecule has 1 aromatic carbocycles. The molecule has 2 rings (SSSR count). The van der Waals surface area contributed by atoms with Crippen LogP contribution in [0.5, 0.6) is 0 Å². The van der Waals surface area contributed by atoms with Crippen molar-refractivity contribution in [2.75, 3.05) is 5.32 Å². The monoisotopic (exact) mass is 289 g/mol. The van der Waals surface area contributed by atoms with E-state index in [1.54, 1.807) is 6.08 Å². The summed E-state index contributed by atoms with van der Waals surface area (Å²) in [5.74, 6) is 1.21. The van der Waals surface area contributed by atoms with Gasteiger partial charge in [0, 0.05) is 6.08 Å². The second-order valence-corrected chi connectivity index (χ2v) is 5.12. The molecule has 1 aromatic heterocycles. The summed E-state index contributed by atoms with van der Waals surface area (Å²) < 4.78 is 5.35. The maximum atomic E-state index is 11.9. The molecule has 20 heavy (non-hydrogen) atoms. The van der Waals surface area contributed by atoms with Crippen molar-refractivity contribution < 1.29 is 9.21 Å². The van der Waals surface area contributed by atoms with Crippen LogP contribution in [0.3, 0.4) is 0 Å². The standard InChI is InChI=1S/C16H16ClNO2/c1-10-8-11(2)16(14(17)9-10)18-15(19)7-6-13-5-4-12(3)20-13/h4-9H,1-3H3,(H,18,19)/b7-6+. The number of hydrogen-bond donors (Lipinski definition) is 1. The molecule has 3 nitrogen and oxygen atoms in total. The molecule has 1 heterocycles. The number of rotatable bonds is 3. The molecular formula is C16H16ClNO2. The molecule has 0 fully saturated rings. The van der Waals surface area contributed by atoms with E-state index >= 15 is 0 Å². The predicted molar refractivity (Wildman–Crippen MR) is 82.0 cm³/mol. The van der Waals surface area contributed by atoms with Crippen molar-refractivity contribution in [3.63, 3.8) is 0 Å². The van der Waals surface area contributed by atoms with Crippen molar-refractivity contribution in [3.05, 3.63) is 58.0 Å². The number of nitrogens with one attached hydrogen (secondary N) is 1. The number of carbonyl (C=O) groups excluding carboxylic acids is 1. The van der Waals surface area contributed by atoms with Gasteiger partial charge < -0.3 is 9.73 Å². The van der Waals surface area contributed by atoms with Gasteiger partial charge in [-0.05, 0) is 56.2 Å². The average molecular weight is 290 g/mol. The van der Waals surface area contributed by atoms with E-state index in [4.69, 9.17) is 16.0 Å². The second kappa shape index (κ2) is 5.97. The van der Waals surface area contributed by atoms with Crippen LogP contribution in [0, 0.1) is 20.8 Å². The Morgan fingerprint density at radius 3 is 2.60 bits per heavy atom. The molecule has 4 heteroatoms. The molecule has 0 aliphatic heterocycles. The Morgan fingerprint density at radius 1 is 1.25 bits per heavy atom. The zero-order valence-corrected chi connectivity index (χ0v) is 12.4. The maximum Gasteiger partial charge on any atom is 0.248 e. The van der Waals surface area contributed by atoms with Crippen LogP contribution in [-0.4, -0.2) is 5.91 Å². The summed E-state index contributed by atoms with van der Waals surface area (Å²) in [6.45, 7) is 5.73. The number of carbonyl (C=O) groups is 1. The maximum absolute atomic E-state index is 11.9. The van der Waals surface area contributed by atoms with Crippen molar-refractivity contribution in [2.24, 2.45) is 0 Å². The molecule has 0 atom stereocenters. The van der Waals surface area contributed by atoms with Crippen LogP contribution in [0.15, 0.2) is 34.8 Å². The summed E-state index contributed by atoms with van der Waals surface area (Å²) in [5, 5.41) is 3.32. The van der Waals surface area contributed by atoms with Crippen LogP contribution in [0.25, 0.3) is 6.08 Å². The lowest BCUT2D eigenvalue weighted by molar-refractivity contribution is -0.111. The summed E-state index contributed by atoms with van der Waals surface area (Å²) >= 11 is 6.14. The molecule has 1 amide bonds. The lowest BCUT2D eigenvalue weighted by atomic mass is 10.1. The summed E-state index contributed by atoms with van der Waals surface area (Å²) in [7, 11) is 0. The molecule has 0 saturated carbocycles. The summed E-state index contributed by atoms with van der Waals surface area (Å²) in [5.41, 5.74) is 2.64. The summed E-state index contributed by atoms with van der Waals surface area (Å²) in [6, 6.07) is 7.45. The minimum Gasteiger partial charge on any atom is -0.462 e. The fourth-order valence-electron chi connectivity index (χ4n) is 1.94. The highest BCUT2D eigenvalue weighted by molar-refractivity contribution is 6.34. The first-order chi connectivity index (χ1) is 9.45. The Balaban J connectivity index is 2.10. The highest BCUT2D eigenvalue weighted by atomic mass is 35.5. The van der Waals surface area contributed by atoms with Crippen molar-refractivity contribution >= 4 is 29.3 Å². The lowest BCUT2D eigenvalue weighted by Gasteiger charge is -2.09. The van der Waals surface area contributed by atoms with Crippen molar-refractivity contribution in [2.45, 2.75) is 20.8 Å². The fourth-order valence-corrected chi connectivity index (χ4v) is 2.31. The number of amides is 1. The van der Waals surface area contributed by atoms with Crippen LogP contribution in [0.1, 0.15) is 22.6 Å². The quantitative estimate of drug-likeness (QED) is 0.845. The number of aryl methyl sites for hydroxylation is 3. The van der Waals surface area contributed by atoms with Crippen LogP contribution in [0.4, 0.5) is 5.69 Å². The minimum atomic E-state index is -0.243. The van der Waals surface area contributed by atoms with Gasteiger partial charge in [0.25, 0.3) is 0 Å². The minimum absolute atomic E-state index is 0.243. The van der Waals surface area contributed by atoms with Gasteiger partial charge in [-0.3, -0.25) is 4.79 Å². The zero-order valence-electron chi connectivity index (χ0n) is 11.7. The fraction of sp³-hybridized carbons (Fsp3) is 0.188. The average Bonchev–Trinajstić information content (AvgIpc) is 2.77. The van der Waals surface area contributed by atoms with Gasteiger partial charge in [-0.1, -0.05) is 17.7 Å². The lowest BCUT2D eigenvalue weighted by Crippen LogP contribution is -2.09. The van der Waals surface area contributed by atoms with Crippen LogP contribution in [-0.2, 0) is 4.79 Å². The summed E-state index contributed by atoms with van der Waals surface area (Å²) in [6.07, 6.45) is 3.05. The Hall–Kier alpha value is -2.00. The van der Waals surface area contributed by atoms with Gasteiger partial charge in [0.05, 0.1) is 10.7 Å². The Kier molecular flexibility index (Phi) is 4.30. The molecule has 0 saturated heterocycles. The van der Waals surface area contributed by atoms with Crippen molar-refractivity contribution in [1.82, 2.24) is 0 Å². The predicted octanol–water partition coefficient (Wildman–Crippen LogP) is 4.51. The van der Waals surface area contributed by atoms with Crippen LogP contribution in [0.2, 0.25) is 5.02 Å². The third kappa shape index (κ3) is 3.52. The highest BCUT2D eigenvalue weighted by Crippen LogP contribution is 2.27. The first kappa shape index (κ1) is 14.4. The SMILES string of the molecule is Cc1cc(C)c(NC(=O)/C=C/c2ccc(C)o2)c(Cl)c1. The third-order valence-electron chi connectivity index (χ3n) is 2.84. The van der Waals surface area contributed by atoms with Gasteiger partial charge in [-0.2, -0.15) is 0 Å². The molecule has 104 valence electrons. The van der Waals surface area contributed by atoms with E-state index < -0.39 is 0 Å². The van der Waals surface area contributed by atoms with Gasteiger partial charge >= 0.3 is 0 Å². The van der Waals surface area contributed by atoms with Crippen LogP contribution < -0.4 is 5.32 Å². The van der Waals surface area contributed by atoms with E-state index in [2.05, 4.69) is 5.32 Å². The molecule has 1 N–H and O–H groups in total. The molecule has 0 aliphatic rings. The molecule has 0 bridgehead atoms. The van der Waals surface area contributed by atoms with Crippen molar-refractivity contribution in [1.29, 1.82) is 0 Å². The Bertz CT molecular complexity index is 648. The molecule has 2 aromatic rings. The van der Waals surface area contributed by atoms with E-state index in [-0.39, 0.29) is 5.91 Å². The zero-order chi connectivity index (χ0) is 14.7. The van der Waals surface area contributed by atoms with E-state index in [0.717, 1.165) is 16.9 Å².